The third-order valence-corrected chi connectivity index (χ3v) is 12.9. The van der Waals surface area contributed by atoms with E-state index in [9.17, 15) is 46.3 Å². The number of rotatable bonds is 12. The van der Waals surface area contributed by atoms with Crippen molar-refractivity contribution in [1.29, 1.82) is 0 Å². The van der Waals surface area contributed by atoms with Crippen LogP contribution in [0.1, 0.15) is 12.8 Å². The third-order valence-electron chi connectivity index (χ3n) is 5.24. The maximum atomic E-state index is 12.3. The van der Waals surface area contributed by atoms with E-state index in [1.165, 1.54) is 0 Å². The summed E-state index contributed by atoms with van der Waals surface area (Å²) >= 11 is -2.59. The summed E-state index contributed by atoms with van der Waals surface area (Å²) in [7, 11) is -22.3. The largest absolute Gasteiger partial charge is 0.400 e. The summed E-state index contributed by atoms with van der Waals surface area (Å²) in [6.45, 7) is -3.21. The molecule has 0 aromatic carbocycles. The Morgan fingerprint density at radius 2 is 1.15 bits per heavy atom. The molecule has 2 fully saturated rings. The summed E-state index contributed by atoms with van der Waals surface area (Å²) in [6.07, 6.45) is -5.63. The van der Waals surface area contributed by atoms with Crippen molar-refractivity contribution in [3.05, 3.63) is 9.81 Å². The average molecular weight is 685 g/mol. The molecule has 0 spiro atoms. The molecule has 5 unspecified atom stereocenters. The molecule has 39 heavy (non-hydrogen) atoms. The molecule has 2 saturated heterocycles. The van der Waals surface area contributed by atoms with E-state index in [4.69, 9.17) is 12.5 Å². The van der Waals surface area contributed by atoms with Crippen LogP contribution in [-0.4, -0.2) is 109 Å². The Hall–Kier alpha value is -0.680. The number of hydrogen-bond donors (Lipinski definition) is 0. The molecule has 4 rings (SSSR count). The molecule has 0 radical (unpaired) electrons. The van der Waals surface area contributed by atoms with Gasteiger partial charge in [-0.05, 0) is 12.8 Å². The highest BCUT2D eigenvalue weighted by Crippen LogP contribution is 2.43. The summed E-state index contributed by atoms with van der Waals surface area (Å²) in [5.74, 6) is -0.620. The average Bonchev–Trinajstić information content (AvgIpc) is 3.50. The van der Waals surface area contributed by atoms with Crippen LogP contribution >= 0.6 is 0 Å². The first-order valence-corrected chi connectivity index (χ1v) is 18.8. The minimum absolute atomic E-state index is 0.0488. The summed E-state index contributed by atoms with van der Waals surface area (Å²) in [4.78, 5) is 0. The zero-order chi connectivity index (χ0) is 28.9. The molecule has 0 saturated carbocycles. The molecule has 4 aliphatic rings. The first-order valence-electron chi connectivity index (χ1n) is 10.5. The van der Waals surface area contributed by atoms with E-state index < -0.39 is 123 Å². The molecule has 4 heterocycles. The van der Waals surface area contributed by atoms with Crippen LogP contribution in [0.3, 0.4) is 0 Å². The maximum absolute atomic E-state index is 12.3. The Kier molecular flexibility index (Phi) is 8.97. The van der Waals surface area contributed by atoms with Crippen LogP contribution in [0.2, 0.25) is 0 Å². The normalized spacial score (nSPS) is 33.3. The molecular weight excluding hydrogens is 665 g/mol. The Labute approximate surface area is 226 Å². The van der Waals surface area contributed by atoms with Gasteiger partial charge < -0.3 is 0 Å². The molecule has 19 nitrogen and oxygen atoms in total. The second-order valence-corrected chi connectivity index (χ2v) is 17.0. The van der Waals surface area contributed by atoms with Gasteiger partial charge in [0.25, 0.3) is 20.2 Å². The molecule has 5 atom stereocenters. The van der Waals surface area contributed by atoms with Crippen molar-refractivity contribution in [3.8, 4) is 0 Å². The van der Waals surface area contributed by atoms with Crippen molar-refractivity contribution < 1.29 is 79.8 Å². The van der Waals surface area contributed by atoms with Gasteiger partial charge in [-0.1, -0.05) is 0 Å². The van der Waals surface area contributed by atoms with Crippen molar-refractivity contribution in [3.63, 3.8) is 0 Å². The first-order chi connectivity index (χ1) is 17.9. The minimum Gasteiger partial charge on any atom is -0.266 e. The Morgan fingerprint density at radius 3 is 1.67 bits per heavy atom. The van der Waals surface area contributed by atoms with Gasteiger partial charge in [0.05, 0.1) is 31.3 Å². The lowest BCUT2D eigenvalue weighted by molar-refractivity contribution is 0.0975. The molecule has 0 aromatic rings. The molecule has 0 N–H and O–H groups in total. The van der Waals surface area contributed by atoms with E-state index in [0.717, 1.165) is 0 Å². The van der Waals surface area contributed by atoms with Gasteiger partial charge >= 0.3 is 42.0 Å². The van der Waals surface area contributed by atoms with Crippen LogP contribution < -0.4 is 0 Å². The maximum Gasteiger partial charge on any atom is 0.400 e. The topological polar surface area (TPSA) is 262 Å². The molecular formula is C14H20O19S6. The van der Waals surface area contributed by atoms with Gasteiger partial charge in [-0.25, -0.2) is 8.37 Å². The smallest absolute Gasteiger partial charge is 0.266 e. The predicted molar refractivity (Wildman–Crippen MR) is 122 cm³/mol. The van der Waals surface area contributed by atoms with Crippen molar-refractivity contribution in [1.82, 2.24) is 0 Å². The highest BCUT2D eigenvalue weighted by atomic mass is 32.3. The van der Waals surface area contributed by atoms with E-state index in [2.05, 4.69) is 20.9 Å². The van der Waals surface area contributed by atoms with E-state index in [1.54, 1.807) is 0 Å². The summed E-state index contributed by atoms with van der Waals surface area (Å²) < 4.78 is 166. The van der Waals surface area contributed by atoms with Crippen LogP contribution in [0, 0.1) is 0 Å². The third kappa shape index (κ3) is 7.79. The van der Waals surface area contributed by atoms with Gasteiger partial charge in [-0.2, -0.15) is 46.3 Å². The van der Waals surface area contributed by atoms with E-state index in [1.807, 2.05) is 0 Å². The highest BCUT2D eigenvalue weighted by molar-refractivity contribution is 8.10. The van der Waals surface area contributed by atoms with Gasteiger partial charge in [0.2, 0.25) is 4.24 Å². The van der Waals surface area contributed by atoms with Crippen molar-refractivity contribution in [2.45, 2.75) is 37.3 Å². The second kappa shape index (κ2) is 11.2. The van der Waals surface area contributed by atoms with Crippen molar-refractivity contribution in [2.75, 3.05) is 37.9 Å². The van der Waals surface area contributed by atoms with Crippen LogP contribution in [-0.2, 0) is 95.7 Å². The van der Waals surface area contributed by atoms with E-state index in [-0.39, 0.29) is 24.3 Å². The monoisotopic (exact) mass is 684 g/mol. The molecule has 226 valence electrons. The lowest BCUT2D eigenvalue weighted by Gasteiger charge is -2.18. The van der Waals surface area contributed by atoms with Gasteiger partial charge in [0.1, 0.15) is 31.0 Å². The molecule has 0 aliphatic carbocycles. The SMILES string of the molecule is O=S(OCC1CCS(=O)(=O)O1)OCC1OS(=O)(=O)C2=C1C(COS(=O)(=O)OCC1CCS(=O)(=O)O1)OS2(=O)=O. The Bertz CT molecular complexity index is 1570. The molecule has 25 heteroatoms. The fourth-order valence-corrected chi connectivity index (χ4v) is 10.7. The lowest BCUT2D eigenvalue weighted by atomic mass is 10.1. The lowest BCUT2D eigenvalue weighted by Crippen LogP contribution is -2.32. The van der Waals surface area contributed by atoms with E-state index >= 15 is 0 Å². The fourth-order valence-electron chi connectivity index (χ4n) is 3.62. The van der Waals surface area contributed by atoms with Crippen LogP contribution in [0.15, 0.2) is 9.81 Å². The zero-order valence-electron chi connectivity index (χ0n) is 19.2. The summed E-state index contributed by atoms with van der Waals surface area (Å²) in [5, 5.41) is 0. The summed E-state index contributed by atoms with van der Waals surface area (Å²) in [5.41, 5.74) is -0.613. The van der Waals surface area contributed by atoms with Gasteiger partial charge in [-0.15, -0.1) is 0 Å². The zero-order valence-corrected chi connectivity index (χ0v) is 24.1. The van der Waals surface area contributed by atoms with Gasteiger partial charge in [0, 0.05) is 5.57 Å². The van der Waals surface area contributed by atoms with Crippen LogP contribution in [0.4, 0.5) is 0 Å². The molecule has 0 bridgehead atoms. The highest BCUT2D eigenvalue weighted by Gasteiger charge is 2.55. The minimum atomic E-state index is -4.96. The summed E-state index contributed by atoms with van der Waals surface area (Å²) in [6, 6.07) is 0. The molecule has 0 amide bonds. The van der Waals surface area contributed by atoms with Crippen molar-refractivity contribution >= 4 is 62.2 Å². The van der Waals surface area contributed by atoms with Crippen LogP contribution in [0.5, 0.6) is 0 Å². The van der Waals surface area contributed by atoms with Crippen LogP contribution in [0.25, 0.3) is 0 Å². The Balaban J connectivity index is 1.36. The quantitative estimate of drug-likeness (QED) is 0.183. The predicted octanol–water partition coefficient (Wildman–Crippen LogP) is -3.22. The fraction of sp³-hybridized carbons (Fsp3) is 0.857. The van der Waals surface area contributed by atoms with E-state index in [0.29, 0.717) is 0 Å². The standard InChI is InChI=1S/C14H20O19S6/c15-34(26-5-9-1-3-35(16,17)30-9)27-7-11-13-12(33-38(22,23)14(13)37(20,21)32-11)8-29-39(24,25)28-6-10-2-4-36(18,19)31-10/h9-12H,1-8H2. The Morgan fingerprint density at radius 1 is 0.692 bits per heavy atom. The second-order valence-electron chi connectivity index (χ2n) is 8.11. The number of hydrogen-bond acceptors (Lipinski definition) is 19. The van der Waals surface area contributed by atoms with Gasteiger partial charge in [-0.3, -0.25) is 25.1 Å². The van der Waals surface area contributed by atoms with Crippen molar-refractivity contribution in [2.24, 2.45) is 0 Å². The molecule has 4 aliphatic heterocycles. The first kappa shape index (κ1) is 31.3. The van der Waals surface area contributed by atoms with Gasteiger partial charge in [0.15, 0.2) is 0 Å². The molecule has 0 aromatic heterocycles.